The second kappa shape index (κ2) is 3.49. The maximum absolute atomic E-state index is 5.83. The van der Waals surface area contributed by atoms with Crippen molar-refractivity contribution < 1.29 is 0 Å². The normalized spacial score (nSPS) is 10.8. The van der Waals surface area contributed by atoms with E-state index in [4.69, 9.17) is 11.6 Å². The van der Waals surface area contributed by atoms with Gasteiger partial charge in [0.1, 0.15) is 18.2 Å². The van der Waals surface area contributed by atoms with Crippen molar-refractivity contribution in [2.75, 3.05) is 0 Å². The number of fused-ring (bicyclic) bond motifs is 1. The van der Waals surface area contributed by atoms with Gasteiger partial charge in [0.15, 0.2) is 0 Å². The first-order valence-electron chi connectivity index (χ1n) is 4.48. The van der Waals surface area contributed by atoms with Crippen LogP contribution in [0.15, 0.2) is 30.9 Å². The lowest BCUT2D eigenvalue weighted by Crippen LogP contribution is -2.03. The molecule has 3 rings (SSSR count). The third-order valence-corrected chi connectivity index (χ3v) is 2.26. The van der Waals surface area contributed by atoms with E-state index in [0.717, 1.165) is 0 Å². The van der Waals surface area contributed by atoms with Gasteiger partial charge in [0.2, 0.25) is 0 Å². The second-order valence-electron chi connectivity index (χ2n) is 3.08. The highest BCUT2D eigenvalue weighted by molar-refractivity contribution is 6.31. The third-order valence-electron chi connectivity index (χ3n) is 2.03. The first-order valence-corrected chi connectivity index (χ1v) is 4.86. The van der Waals surface area contributed by atoms with Crippen molar-refractivity contribution in [1.82, 2.24) is 29.9 Å². The number of benzene rings is 1. The molecule has 7 heteroatoms. The van der Waals surface area contributed by atoms with E-state index in [0.29, 0.717) is 22.0 Å². The largest absolute Gasteiger partial charge is 0.272 e. The molecule has 0 radical (unpaired) electrons. The number of nitrogens with zero attached hydrogens (tertiary/aromatic N) is 6. The summed E-state index contributed by atoms with van der Waals surface area (Å²) in [7, 11) is 0. The summed E-state index contributed by atoms with van der Waals surface area (Å²) in [6, 6.07) is 5.25. The fourth-order valence-electron chi connectivity index (χ4n) is 1.31. The lowest BCUT2D eigenvalue weighted by atomic mass is 10.3. The molecule has 2 heterocycles. The molecule has 16 heavy (non-hydrogen) atoms. The van der Waals surface area contributed by atoms with Gasteiger partial charge < -0.3 is 0 Å². The molecular weight excluding hydrogens is 228 g/mol. The van der Waals surface area contributed by atoms with Gasteiger partial charge in [-0.05, 0) is 18.2 Å². The van der Waals surface area contributed by atoms with Crippen LogP contribution in [0.25, 0.3) is 17.0 Å². The number of hydrogen-bond donors (Lipinski definition) is 0. The van der Waals surface area contributed by atoms with Crippen LogP contribution >= 0.6 is 11.6 Å². The molecule has 0 unspecified atom stereocenters. The molecule has 0 amide bonds. The Morgan fingerprint density at radius 3 is 2.88 bits per heavy atom. The molecule has 0 N–H and O–H groups in total. The summed E-state index contributed by atoms with van der Waals surface area (Å²) >= 11 is 5.83. The van der Waals surface area contributed by atoms with Crippen LogP contribution in [0, 0.1) is 0 Å². The standard InChI is InChI=1S/C9H5ClN6/c10-6-1-2-7-8(3-6)14-15-9(13-7)16-5-11-4-12-16/h1-5H. The van der Waals surface area contributed by atoms with Crippen molar-refractivity contribution in [3.05, 3.63) is 35.9 Å². The first kappa shape index (κ1) is 9.17. The summed E-state index contributed by atoms with van der Waals surface area (Å²) in [6.45, 7) is 0. The Balaban J connectivity index is 2.20. The fourth-order valence-corrected chi connectivity index (χ4v) is 1.47. The predicted molar refractivity (Wildman–Crippen MR) is 57.3 cm³/mol. The maximum atomic E-state index is 5.83. The molecule has 0 fully saturated rings. The molecule has 0 spiro atoms. The molecule has 0 aliphatic carbocycles. The molecule has 78 valence electrons. The van der Waals surface area contributed by atoms with Gasteiger partial charge in [-0.1, -0.05) is 11.6 Å². The van der Waals surface area contributed by atoms with E-state index in [1.165, 1.54) is 17.3 Å². The minimum absolute atomic E-state index is 0.382. The lowest BCUT2D eigenvalue weighted by molar-refractivity contribution is 0.785. The first-order chi connectivity index (χ1) is 7.83. The summed E-state index contributed by atoms with van der Waals surface area (Å²) in [6.07, 6.45) is 2.92. The highest BCUT2D eigenvalue weighted by Gasteiger charge is 2.04. The summed E-state index contributed by atoms with van der Waals surface area (Å²) in [5, 5.41) is 12.5. The zero-order chi connectivity index (χ0) is 11.0. The molecule has 6 nitrogen and oxygen atoms in total. The van der Waals surface area contributed by atoms with E-state index < -0.39 is 0 Å². The van der Waals surface area contributed by atoms with E-state index in [-0.39, 0.29) is 0 Å². The van der Waals surface area contributed by atoms with Gasteiger partial charge in [-0.2, -0.15) is 9.78 Å². The number of rotatable bonds is 1. The number of halogens is 1. The molecule has 1 aromatic carbocycles. The Kier molecular flexibility index (Phi) is 2.00. The molecule has 2 aromatic heterocycles. The van der Waals surface area contributed by atoms with E-state index >= 15 is 0 Å². The monoisotopic (exact) mass is 232 g/mol. The van der Waals surface area contributed by atoms with Crippen LogP contribution in [0.4, 0.5) is 0 Å². The summed E-state index contributed by atoms with van der Waals surface area (Å²) < 4.78 is 1.45. The fraction of sp³-hybridized carbons (Fsp3) is 0. The van der Waals surface area contributed by atoms with Gasteiger partial charge in [-0.25, -0.2) is 9.97 Å². The number of hydrogen-bond acceptors (Lipinski definition) is 5. The Bertz CT molecular complexity index is 636. The van der Waals surface area contributed by atoms with Crippen molar-refractivity contribution in [1.29, 1.82) is 0 Å². The van der Waals surface area contributed by atoms with Crippen molar-refractivity contribution in [3.63, 3.8) is 0 Å². The van der Waals surface area contributed by atoms with Gasteiger partial charge in [0.25, 0.3) is 5.95 Å². The molecular formula is C9H5ClN6. The van der Waals surface area contributed by atoms with Gasteiger partial charge in [0.05, 0.1) is 5.52 Å². The van der Waals surface area contributed by atoms with Crippen LogP contribution in [0.2, 0.25) is 5.02 Å². The zero-order valence-electron chi connectivity index (χ0n) is 7.95. The summed E-state index contributed by atoms with van der Waals surface area (Å²) in [4.78, 5) is 8.10. The smallest absolute Gasteiger partial charge is 0.223 e. The van der Waals surface area contributed by atoms with Crippen LogP contribution in [-0.4, -0.2) is 29.9 Å². The predicted octanol–water partition coefficient (Wildman–Crippen LogP) is 1.26. The van der Waals surface area contributed by atoms with Gasteiger partial charge in [-0.15, -0.1) is 10.2 Å². The Hall–Kier alpha value is -2.08. The zero-order valence-corrected chi connectivity index (χ0v) is 8.70. The highest BCUT2D eigenvalue weighted by atomic mass is 35.5. The molecule has 0 atom stereocenters. The van der Waals surface area contributed by atoms with E-state index in [1.54, 1.807) is 18.2 Å². The van der Waals surface area contributed by atoms with Gasteiger partial charge >= 0.3 is 0 Å². The van der Waals surface area contributed by atoms with Crippen LogP contribution in [0.5, 0.6) is 0 Å². The lowest BCUT2D eigenvalue weighted by Gasteiger charge is -1.99. The van der Waals surface area contributed by atoms with Gasteiger partial charge in [-0.3, -0.25) is 0 Å². The van der Waals surface area contributed by atoms with E-state index in [1.807, 2.05) is 0 Å². The van der Waals surface area contributed by atoms with Crippen molar-refractivity contribution in [3.8, 4) is 5.95 Å². The van der Waals surface area contributed by atoms with Crippen molar-refractivity contribution >= 4 is 22.6 Å². The highest BCUT2D eigenvalue weighted by Crippen LogP contribution is 2.15. The van der Waals surface area contributed by atoms with Gasteiger partial charge in [0, 0.05) is 5.02 Å². The van der Waals surface area contributed by atoms with E-state index in [9.17, 15) is 0 Å². The maximum Gasteiger partial charge on any atom is 0.272 e. The van der Waals surface area contributed by atoms with E-state index in [2.05, 4.69) is 25.3 Å². The molecule has 0 bridgehead atoms. The topological polar surface area (TPSA) is 69.4 Å². The Morgan fingerprint density at radius 2 is 2.06 bits per heavy atom. The Morgan fingerprint density at radius 1 is 1.12 bits per heavy atom. The van der Waals surface area contributed by atoms with Crippen LogP contribution < -0.4 is 0 Å². The quantitative estimate of drug-likeness (QED) is 0.632. The molecule has 3 aromatic rings. The second-order valence-corrected chi connectivity index (χ2v) is 3.52. The third kappa shape index (κ3) is 1.49. The minimum atomic E-state index is 0.382. The van der Waals surface area contributed by atoms with Crippen LogP contribution in [0.3, 0.4) is 0 Å². The minimum Gasteiger partial charge on any atom is -0.223 e. The molecule has 0 saturated heterocycles. The molecule has 0 aliphatic heterocycles. The summed E-state index contributed by atoms with van der Waals surface area (Å²) in [5.74, 6) is 0.382. The Labute approximate surface area is 94.9 Å². The molecule has 0 aliphatic rings. The van der Waals surface area contributed by atoms with Crippen LogP contribution in [-0.2, 0) is 0 Å². The summed E-state index contributed by atoms with van der Waals surface area (Å²) in [5.41, 5.74) is 1.36. The average molecular weight is 233 g/mol. The number of aromatic nitrogens is 6. The average Bonchev–Trinajstić information content (AvgIpc) is 2.82. The van der Waals surface area contributed by atoms with Crippen molar-refractivity contribution in [2.24, 2.45) is 0 Å². The molecule has 0 saturated carbocycles. The van der Waals surface area contributed by atoms with Crippen molar-refractivity contribution in [2.45, 2.75) is 0 Å². The SMILES string of the molecule is Clc1ccc2nc(-n3cncn3)nnc2c1. The van der Waals surface area contributed by atoms with Crippen LogP contribution in [0.1, 0.15) is 0 Å².